The number of carbonyl (C=O) groups excluding carboxylic acids is 4. The number of amides is 5. The monoisotopic (exact) mass is 491 g/mol. The van der Waals surface area contributed by atoms with Crippen LogP contribution >= 0.6 is 27.5 Å². The Kier molecular flexibility index (Phi) is 6.23. The Labute approximate surface area is 184 Å². The van der Waals surface area contributed by atoms with Gasteiger partial charge in [-0.2, -0.15) is 0 Å². The number of barbiturate groups is 1. The lowest BCUT2D eigenvalue weighted by molar-refractivity contribution is -0.123. The Hall–Kier alpha value is -3.17. The lowest BCUT2D eigenvalue weighted by Crippen LogP contribution is -2.54. The maximum atomic E-state index is 13.0. The number of primary amides is 1. The molecule has 0 unspecified atom stereocenters. The largest absolute Gasteiger partial charge is 0.483 e. The van der Waals surface area contributed by atoms with E-state index in [2.05, 4.69) is 21.2 Å². The van der Waals surface area contributed by atoms with Crippen molar-refractivity contribution in [3.8, 4) is 5.75 Å². The summed E-state index contributed by atoms with van der Waals surface area (Å²) in [5.74, 6) is -2.15. The van der Waals surface area contributed by atoms with Gasteiger partial charge in [0.25, 0.3) is 17.7 Å². The normalized spacial score (nSPS) is 15.4. The predicted octanol–water partition coefficient (Wildman–Crippen LogP) is 2.94. The maximum absolute atomic E-state index is 13.0. The van der Waals surface area contributed by atoms with Crippen molar-refractivity contribution in [2.24, 2.45) is 5.73 Å². The molecule has 1 fully saturated rings. The zero-order valence-corrected chi connectivity index (χ0v) is 17.9. The van der Waals surface area contributed by atoms with Gasteiger partial charge in [0.15, 0.2) is 6.61 Å². The van der Waals surface area contributed by atoms with Gasteiger partial charge in [-0.05, 0) is 48.9 Å². The van der Waals surface area contributed by atoms with E-state index in [-0.39, 0.29) is 23.6 Å². The predicted molar refractivity (Wildman–Crippen MR) is 114 cm³/mol. The summed E-state index contributed by atoms with van der Waals surface area (Å²) in [4.78, 5) is 49.6. The van der Waals surface area contributed by atoms with E-state index < -0.39 is 23.8 Å². The van der Waals surface area contributed by atoms with Crippen LogP contribution in [0, 0.1) is 6.92 Å². The lowest BCUT2D eigenvalue weighted by atomic mass is 10.1. The Morgan fingerprint density at radius 2 is 1.97 bits per heavy atom. The first-order valence-corrected chi connectivity index (χ1v) is 9.72. The zero-order chi connectivity index (χ0) is 22.0. The van der Waals surface area contributed by atoms with Gasteiger partial charge in [0, 0.05) is 15.1 Å². The fourth-order valence-electron chi connectivity index (χ4n) is 2.68. The highest BCUT2D eigenvalue weighted by atomic mass is 79.9. The van der Waals surface area contributed by atoms with E-state index >= 15 is 0 Å². The molecule has 2 aromatic rings. The van der Waals surface area contributed by atoms with Crippen LogP contribution in [-0.2, 0) is 14.4 Å². The van der Waals surface area contributed by atoms with Crippen molar-refractivity contribution in [3.63, 3.8) is 0 Å². The molecule has 8 nitrogen and oxygen atoms in total. The van der Waals surface area contributed by atoms with Gasteiger partial charge in [0.05, 0.1) is 5.69 Å². The summed E-state index contributed by atoms with van der Waals surface area (Å²) < 4.78 is 5.99. The lowest BCUT2D eigenvalue weighted by Gasteiger charge is -2.26. The Morgan fingerprint density at radius 1 is 1.23 bits per heavy atom. The average Bonchev–Trinajstić information content (AvgIpc) is 2.67. The highest BCUT2D eigenvalue weighted by molar-refractivity contribution is 9.10. The van der Waals surface area contributed by atoms with Crippen LogP contribution in [0.4, 0.5) is 10.5 Å². The second-order valence-electron chi connectivity index (χ2n) is 6.33. The Bertz CT molecular complexity index is 1120. The number of nitrogens with two attached hydrogens (primary N) is 1. The van der Waals surface area contributed by atoms with E-state index in [9.17, 15) is 19.2 Å². The highest BCUT2D eigenvalue weighted by Crippen LogP contribution is 2.29. The van der Waals surface area contributed by atoms with Crippen LogP contribution in [-0.4, -0.2) is 30.4 Å². The second-order valence-corrected chi connectivity index (χ2v) is 7.65. The van der Waals surface area contributed by atoms with E-state index in [0.29, 0.717) is 15.1 Å². The zero-order valence-electron chi connectivity index (χ0n) is 15.6. The van der Waals surface area contributed by atoms with Gasteiger partial charge in [0.2, 0.25) is 0 Å². The topological polar surface area (TPSA) is 119 Å². The minimum Gasteiger partial charge on any atom is -0.483 e. The molecule has 1 heterocycles. The standard InChI is InChI=1S/C20H15BrClN3O5/c1-10-2-4-13(8-15(10)22)25-19(28)14(18(27)24-20(25)29)7-11-6-12(21)3-5-16(11)30-9-17(23)26/h2-8H,9H2,1H3,(H2,23,26)(H,24,27,29)/b14-7+. The van der Waals surface area contributed by atoms with E-state index in [0.717, 1.165) is 10.5 Å². The number of nitrogens with one attached hydrogen (secondary N) is 1. The van der Waals surface area contributed by atoms with Crippen molar-refractivity contribution in [2.45, 2.75) is 6.92 Å². The third-order valence-corrected chi connectivity index (χ3v) is 5.06. The van der Waals surface area contributed by atoms with Crippen molar-refractivity contribution >= 4 is 63.0 Å². The minimum atomic E-state index is -0.887. The molecule has 2 aromatic carbocycles. The summed E-state index contributed by atoms with van der Waals surface area (Å²) >= 11 is 9.41. The molecule has 30 heavy (non-hydrogen) atoms. The number of halogens is 2. The molecule has 5 amide bonds. The smallest absolute Gasteiger partial charge is 0.335 e. The summed E-state index contributed by atoms with van der Waals surface area (Å²) in [5, 5.41) is 2.50. The SMILES string of the molecule is Cc1ccc(N2C(=O)NC(=O)/C(=C\c3cc(Br)ccc3OCC(N)=O)C2=O)cc1Cl. The van der Waals surface area contributed by atoms with Crippen molar-refractivity contribution in [3.05, 3.63) is 62.6 Å². The molecule has 0 radical (unpaired) electrons. The van der Waals surface area contributed by atoms with Crippen molar-refractivity contribution < 1.29 is 23.9 Å². The van der Waals surface area contributed by atoms with Crippen molar-refractivity contribution in [2.75, 3.05) is 11.5 Å². The van der Waals surface area contributed by atoms with E-state index in [1.54, 1.807) is 37.3 Å². The first kappa shape index (κ1) is 21.5. The molecular weight excluding hydrogens is 478 g/mol. The van der Waals surface area contributed by atoms with Crippen LogP contribution in [0.5, 0.6) is 5.75 Å². The Morgan fingerprint density at radius 3 is 2.63 bits per heavy atom. The molecule has 0 spiro atoms. The molecule has 1 aliphatic rings. The summed E-state index contributed by atoms with van der Waals surface area (Å²) in [6.07, 6.45) is 1.27. The molecule has 0 saturated carbocycles. The molecule has 0 aromatic heterocycles. The van der Waals surface area contributed by atoms with Crippen molar-refractivity contribution in [1.29, 1.82) is 0 Å². The number of ether oxygens (including phenoxy) is 1. The van der Waals surface area contributed by atoms with Gasteiger partial charge in [-0.3, -0.25) is 19.7 Å². The summed E-state index contributed by atoms with van der Waals surface area (Å²) in [6, 6.07) is 8.57. The van der Waals surface area contributed by atoms with Gasteiger partial charge >= 0.3 is 6.03 Å². The van der Waals surface area contributed by atoms with Gasteiger partial charge in [-0.1, -0.05) is 33.6 Å². The highest BCUT2D eigenvalue weighted by Gasteiger charge is 2.37. The molecule has 10 heteroatoms. The number of anilines is 1. The quantitative estimate of drug-likeness (QED) is 0.491. The number of aryl methyl sites for hydroxylation is 1. The number of imide groups is 2. The van der Waals surface area contributed by atoms with Gasteiger partial charge in [0.1, 0.15) is 11.3 Å². The molecule has 0 atom stereocenters. The number of rotatable bonds is 5. The molecule has 3 N–H and O–H groups in total. The van der Waals surface area contributed by atoms with Crippen LogP contribution in [0.25, 0.3) is 6.08 Å². The molecule has 1 saturated heterocycles. The third-order valence-electron chi connectivity index (χ3n) is 4.16. The summed E-state index contributed by atoms with van der Waals surface area (Å²) in [6.45, 7) is 1.39. The number of hydrogen-bond acceptors (Lipinski definition) is 5. The molecular formula is C20H15BrClN3O5. The van der Waals surface area contributed by atoms with Crippen LogP contribution < -0.4 is 20.7 Å². The van der Waals surface area contributed by atoms with Crippen LogP contribution in [0.1, 0.15) is 11.1 Å². The summed E-state index contributed by atoms with van der Waals surface area (Å²) in [7, 11) is 0. The first-order chi connectivity index (χ1) is 14.2. The third kappa shape index (κ3) is 4.52. The average molecular weight is 493 g/mol. The molecule has 154 valence electrons. The van der Waals surface area contributed by atoms with E-state index in [1.807, 2.05) is 0 Å². The second kappa shape index (κ2) is 8.68. The van der Waals surface area contributed by atoms with Crippen molar-refractivity contribution in [1.82, 2.24) is 5.32 Å². The minimum absolute atomic E-state index is 0.214. The molecule has 3 rings (SSSR count). The number of urea groups is 1. The number of carbonyl (C=O) groups is 4. The van der Waals surface area contributed by atoms with Gasteiger partial charge in [-0.15, -0.1) is 0 Å². The van der Waals surface area contributed by atoms with Crippen LogP contribution in [0.3, 0.4) is 0 Å². The number of hydrogen-bond donors (Lipinski definition) is 2. The number of nitrogens with zero attached hydrogens (tertiary/aromatic N) is 1. The fourth-order valence-corrected chi connectivity index (χ4v) is 3.23. The molecule has 0 bridgehead atoms. The number of benzene rings is 2. The first-order valence-electron chi connectivity index (χ1n) is 8.55. The Balaban J connectivity index is 2.03. The van der Waals surface area contributed by atoms with Crippen LogP contribution in [0.2, 0.25) is 5.02 Å². The van der Waals surface area contributed by atoms with E-state index in [1.165, 1.54) is 12.1 Å². The summed E-state index contributed by atoms with van der Waals surface area (Å²) in [5.41, 5.74) is 6.12. The fraction of sp³-hybridized carbons (Fsp3) is 0.100. The maximum Gasteiger partial charge on any atom is 0.335 e. The van der Waals surface area contributed by atoms with Gasteiger partial charge < -0.3 is 10.5 Å². The molecule has 1 aliphatic heterocycles. The van der Waals surface area contributed by atoms with Gasteiger partial charge in [-0.25, -0.2) is 9.69 Å². The van der Waals surface area contributed by atoms with E-state index in [4.69, 9.17) is 22.1 Å². The molecule has 0 aliphatic carbocycles. The van der Waals surface area contributed by atoms with Crippen LogP contribution in [0.15, 0.2) is 46.4 Å².